The number of aromatic nitrogens is 2. The fourth-order valence-electron chi connectivity index (χ4n) is 3.68. The number of nitrogens with one attached hydrogen (secondary N) is 2. The molecule has 2 heterocycles. The van der Waals surface area contributed by atoms with Gasteiger partial charge < -0.3 is 20.3 Å². The molecule has 8 nitrogen and oxygen atoms in total. The molecule has 2 N–H and O–H groups in total. The fraction of sp³-hybridized carbons (Fsp3) is 0.522. The number of nitrogens with zero attached hydrogens (tertiary/aromatic N) is 5. The first-order valence-corrected chi connectivity index (χ1v) is 11.2. The SMILES string of the molecule is CCNC(=NCCCN1CCN(c2ncccn2)CC1)NCCc1ccccc1OC.I. The summed E-state index contributed by atoms with van der Waals surface area (Å²) in [5.41, 5.74) is 1.20. The minimum absolute atomic E-state index is 0. The summed E-state index contributed by atoms with van der Waals surface area (Å²) in [6, 6.07) is 10.0. The Balaban J connectivity index is 0.00000363. The average Bonchev–Trinajstić information content (AvgIpc) is 2.83. The first-order chi connectivity index (χ1) is 15.3. The van der Waals surface area contributed by atoms with Crippen LogP contribution in [0.2, 0.25) is 0 Å². The molecule has 0 unspecified atom stereocenters. The van der Waals surface area contributed by atoms with Gasteiger partial charge in [0.2, 0.25) is 5.95 Å². The van der Waals surface area contributed by atoms with E-state index in [4.69, 9.17) is 9.73 Å². The van der Waals surface area contributed by atoms with E-state index < -0.39 is 0 Å². The number of rotatable bonds is 10. The zero-order valence-corrected chi connectivity index (χ0v) is 21.5. The van der Waals surface area contributed by atoms with Crippen LogP contribution in [-0.4, -0.2) is 80.3 Å². The lowest BCUT2D eigenvalue weighted by Crippen LogP contribution is -2.47. The van der Waals surface area contributed by atoms with Gasteiger partial charge in [0.15, 0.2) is 5.96 Å². The Morgan fingerprint density at radius 3 is 2.53 bits per heavy atom. The van der Waals surface area contributed by atoms with E-state index in [0.717, 1.165) is 82.9 Å². The van der Waals surface area contributed by atoms with Crippen molar-refractivity contribution >= 4 is 35.9 Å². The van der Waals surface area contributed by atoms with Crippen molar-refractivity contribution in [3.63, 3.8) is 0 Å². The third-order valence-electron chi connectivity index (χ3n) is 5.33. The van der Waals surface area contributed by atoms with Crippen molar-refractivity contribution in [3.8, 4) is 5.75 Å². The van der Waals surface area contributed by atoms with E-state index in [0.29, 0.717) is 0 Å². The third kappa shape index (κ3) is 8.42. The molecule has 0 atom stereocenters. The maximum absolute atomic E-state index is 5.43. The zero-order chi connectivity index (χ0) is 21.7. The summed E-state index contributed by atoms with van der Waals surface area (Å²) >= 11 is 0. The first-order valence-electron chi connectivity index (χ1n) is 11.2. The van der Waals surface area contributed by atoms with E-state index in [1.54, 1.807) is 19.5 Å². The highest BCUT2D eigenvalue weighted by Crippen LogP contribution is 2.17. The molecule has 9 heteroatoms. The van der Waals surface area contributed by atoms with Gasteiger partial charge in [-0.25, -0.2) is 9.97 Å². The van der Waals surface area contributed by atoms with Gasteiger partial charge in [0, 0.05) is 64.8 Å². The van der Waals surface area contributed by atoms with E-state index in [1.165, 1.54) is 5.56 Å². The molecule has 0 spiro atoms. The molecule has 1 aliphatic rings. The van der Waals surface area contributed by atoms with Crippen LogP contribution < -0.4 is 20.3 Å². The van der Waals surface area contributed by atoms with Gasteiger partial charge in [-0.1, -0.05) is 18.2 Å². The van der Waals surface area contributed by atoms with Gasteiger partial charge >= 0.3 is 0 Å². The molecule has 0 bridgehead atoms. The Morgan fingerprint density at radius 1 is 1.06 bits per heavy atom. The van der Waals surface area contributed by atoms with Crippen molar-refractivity contribution in [2.45, 2.75) is 19.8 Å². The van der Waals surface area contributed by atoms with Gasteiger partial charge in [-0.15, -0.1) is 24.0 Å². The second-order valence-electron chi connectivity index (χ2n) is 7.48. The summed E-state index contributed by atoms with van der Waals surface area (Å²) in [7, 11) is 1.72. The third-order valence-corrected chi connectivity index (χ3v) is 5.33. The molecule has 1 fully saturated rings. The smallest absolute Gasteiger partial charge is 0.225 e. The number of piperazine rings is 1. The topological polar surface area (TPSA) is 77.9 Å². The number of ether oxygens (including phenoxy) is 1. The highest BCUT2D eigenvalue weighted by Gasteiger charge is 2.18. The van der Waals surface area contributed by atoms with Gasteiger partial charge in [-0.3, -0.25) is 9.89 Å². The molecule has 0 amide bonds. The predicted molar refractivity (Wildman–Crippen MR) is 141 cm³/mol. The van der Waals surface area contributed by atoms with Crippen LogP contribution in [-0.2, 0) is 6.42 Å². The summed E-state index contributed by atoms with van der Waals surface area (Å²) in [6.07, 6.45) is 5.55. The second kappa shape index (κ2) is 14.8. The van der Waals surface area contributed by atoms with Gasteiger partial charge in [0.25, 0.3) is 0 Å². The normalized spacial score (nSPS) is 14.6. The molecule has 0 aliphatic carbocycles. The van der Waals surface area contributed by atoms with Gasteiger partial charge in [-0.05, 0) is 37.5 Å². The molecular weight excluding hydrogens is 517 g/mol. The van der Waals surface area contributed by atoms with Crippen LogP contribution in [0.4, 0.5) is 5.95 Å². The number of hydrogen-bond acceptors (Lipinski definition) is 6. The number of halogens is 1. The Morgan fingerprint density at radius 2 is 1.81 bits per heavy atom. The molecule has 176 valence electrons. The highest BCUT2D eigenvalue weighted by molar-refractivity contribution is 14.0. The van der Waals surface area contributed by atoms with Crippen LogP contribution in [0.1, 0.15) is 18.9 Å². The van der Waals surface area contributed by atoms with Gasteiger partial charge in [0.1, 0.15) is 5.75 Å². The van der Waals surface area contributed by atoms with Crippen LogP contribution in [0.5, 0.6) is 5.75 Å². The maximum atomic E-state index is 5.43. The maximum Gasteiger partial charge on any atom is 0.225 e. The quantitative estimate of drug-likeness (QED) is 0.203. The molecule has 0 saturated carbocycles. The molecular formula is C23H36IN7O. The minimum atomic E-state index is 0. The lowest BCUT2D eigenvalue weighted by molar-refractivity contribution is 0.255. The minimum Gasteiger partial charge on any atom is -0.496 e. The fourth-order valence-corrected chi connectivity index (χ4v) is 3.68. The Bertz CT molecular complexity index is 798. The van der Waals surface area contributed by atoms with Gasteiger partial charge in [0.05, 0.1) is 7.11 Å². The largest absolute Gasteiger partial charge is 0.496 e. The molecule has 2 aromatic rings. The second-order valence-corrected chi connectivity index (χ2v) is 7.48. The molecule has 1 aromatic heterocycles. The number of aliphatic imine (C=N–C) groups is 1. The summed E-state index contributed by atoms with van der Waals surface area (Å²) in [5.74, 6) is 2.65. The number of methoxy groups -OCH3 is 1. The summed E-state index contributed by atoms with van der Waals surface area (Å²) < 4.78 is 5.43. The predicted octanol–water partition coefficient (Wildman–Crippen LogP) is 2.41. The number of guanidine groups is 1. The summed E-state index contributed by atoms with van der Waals surface area (Å²) in [5, 5.41) is 6.77. The van der Waals surface area contributed by atoms with Crippen LogP contribution in [0.3, 0.4) is 0 Å². The Labute approximate surface area is 208 Å². The Kier molecular flexibility index (Phi) is 12.1. The highest BCUT2D eigenvalue weighted by atomic mass is 127. The number of para-hydroxylation sites is 1. The Hall–Kier alpha value is -2.14. The molecule has 0 radical (unpaired) electrons. The standard InChI is InChI=1S/C23H35N7O.HI/c1-3-24-22(26-14-10-20-8-4-5-9-21(20)31-2)25-13-7-15-29-16-18-30(19-17-29)23-27-11-6-12-28-23;/h4-6,8-9,11-12H,3,7,10,13-19H2,1-2H3,(H2,24,25,26);1H. The molecule has 3 rings (SSSR count). The van der Waals surface area contributed by atoms with E-state index in [1.807, 2.05) is 24.3 Å². The number of anilines is 1. The van der Waals surface area contributed by atoms with Crippen molar-refractivity contribution in [1.82, 2.24) is 25.5 Å². The monoisotopic (exact) mass is 553 g/mol. The van der Waals surface area contributed by atoms with Crippen molar-refractivity contribution in [3.05, 3.63) is 48.3 Å². The van der Waals surface area contributed by atoms with Crippen molar-refractivity contribution in [2.24, 2.45) is 4.99 Å². The van der Waals surface area contributed by atoms with Crippen LogP contribution in [0, 0.1) is 0 Å². The van der Waals surface area contributed by atoms with Crippen LogP contribution in [0.25, 0.3) is 0 Å². The number of benzene rings is 1. The van der Waals surface area contributed by atoms with Crippen molar-refractivity contribution in [2.75, 3.05) is 64.4 Å². The molecule has 32 heavy (non-hydrogen) atoms. The molecule has 1 saturated heterocycles. The van der Waals surface area contributed by atoms with E-state index >= 15 is 0 Å². The van der Waals surface area contributed by atoms with Crippen LogP contribution >= 0.6 is 24.0 Å². The first kappa shape index (κ1) is 26.1. The lowest BCUT2D eigenvalue weighted by atomic mass is 10.1. The van der Waals surface area contributed by atoms with E-state index in [2.05, 4.69) is 43.4 Å². The van der Waals surface area contributed by atoms with Gasteiger partial charge in [-0.2, -0.15) is 0 Å². The summed E-state index contributed by atoms with van der Waals surface area (Å²) in [6.45, 7) is 9.66. The summed E-state index contributed by atoms with van der Waals surface area (Å²) in [4.78, 5) is 18.2. The number of hydrogen-bond donors (Lipinski definition) is 2. The van der Waals surface area contributed by atoms with E-state index in [9.17, 15) is 0 Å². The zero-order valence-electron chi connectivity index (χ0n) is 19.2. The van der Waals surface area contributed by atoms with Crippen molar-refractivity contribution < 1.29 is 4.74 Å². The van der Waals surface area contributed by atoms with E-state index in [-0.39, 0.29) is 24.0 Å². The van der Waals surface area contributed by atoms with Crippen molar-refractivity contribution in [1.29, 1.82) is 0 Å². The van der Waals surface area contributed by atoms with Crippen LogP contribution in [0.15, 0.2) is 47.7 Å². The average molecular weight is 553 g/mol. The lowest BCUT2D eigenvalue weighted by Gasteiger charge is -2.34. The molecule has 1 aliphatic heterocycles. The molecule has 1 aromatic carbocycles.